The second-order valence-corrected chi connectivity index (χ2v) is 10.2. The van der Waals surface area contributed by atoms with Crippen molar-refractivity contribution in [3.63, 3.8) is 0 Å². The van der Waals surface area contributed by atoms with Crippen molar-refractivity contribution in [1.29, 1.82) is 0 Å². The van der Waals surface area contributed by atoms with Crippen LogP contribution in [0.25, 0.3) is 11.1 Å². The largest absolute Gasteiger partial charge is 0.384 e. The Hall–Kier alpha value is -3.48. The standard InChI is InChI=1S/C31H35N3O3/c1-33-29-18-27(13-10-24(29)12-15-30(33)35)32-31(36)25-11-14-28(23-8-4-3-5-9-23)26(17-25)20-34-16-6-7-22(19-34)21-37-2/h3-5,8-11,13-14,17-18,22H,6-7,12,15-16,19-21H2,1-2H3,(H,32,36). The van der Waals surface area contributed by atoms with Crippen molar-refractivity contribution in [3.05, 3.63) is 83.4 Å². The summed E-state index contributed by atoms with van der Waals surface area (Å²) >= 11 is 0. The quantitative estimate of drug-likeness (QED) is 0.477. The molecule has 3 aromatic carbocycles. The van der Waals surface area contributed by atoms with Gasteiger partial charge < -0.3 is 15.0 Å². The Morgan fingerprint density at radius 1 is 1.05 bits per heavy atom. The summed E-state index contributed by atoms with van der Waals surface area (Å²) in [4.78, 5) is 29.6. The number of hydrogen-bond donors (Lipinski definition) is 1. The number of amides is 2. The lowest BCUT2D eigenvalue weighted by Gasteiger charge is -2.33. The van der Waals surface area contributed by atoms with E-state index in [2.05, 4.69) is 28.4 Å². The lowest BCUT2D eigenvalue weighted by molar-refractivity contribution is -0.118. The van der Waals surface area contributed by atoms with Crippen molar-refractivity contribution < 1.29 is 14.3 Å². The number of carbonyl (C=O) groups excluding carboxylic acids is 2. The van der Waals surface area contributed by atoms with Crippen molar-refractivity contribution >= 4 is 23.2 Å². The van der Waals surface area contributed by atoms with E-state index >= 15 is 0 Å². The number of aryl methyl sites for hydroxylation is 1. The number of anilines is 2. The Labute approximate surface area is 219 Å². The van der Waals surface area contributed by atoms with Crippen LogP contribution in [0.4, 0.5) is 11.4 Å². The van der Waals surface area contributed by atoms with Crippen LogP contribution in [0.5, 0.6) is 0 Å². The summed E-state index contributed by atoms with van der Waals surface area (Å²) in [5.41, 5.74) is 6.76. The fraction of sp³-hybridized carbons (Fsp3) is 0.355. The number of nitrogens with one attached hydrogen (secondary N) is 1. The van der Waals surface area contributed by atoms with Gasteiger partial charge in [-0.2, -0.15) is 0 Å². The number of benzene rings is 3. The van der Waals surface area contributed by atoms with Gasteiger partial charge in [0.15, 0.2) is 0 Å². The first kappa shape index (κ1) is 25.2. The fourth-order valence-corrected chi connectivity index (χ4v) is 5.58. The second kappa shape index (κ2) is 11.3. The number of piperidine rings is 1. The molecule has 0 saturated carbocycles. The predicted molar refractivity (Wildman–Crippen MR) is 148 cm³/mol. The Morgan fingerprint density at radius 3 is 2.70 bits per heavy atom. The molecule has 0 aromatic heterocycles. The molecule has 5 rings (SSSR count). The van der Waals surface area contributed by atoms with E-state index < -0.39 is 0 Å². The lowest BCUT2D eigenvalue weighted by atomic mass is 9.94. The minimum atomic E-state index is -0.151. The average molecular weight is 498 g/mol. The molecule has 37 heavy (non-hydrogen) atoms. The van der Waals surface area contributed by atoms with E-state index in [0.717, 1.165) is 67.0 Å². The zero-order valence-electron chi connectivity index (χ0n) is 21.7. The van der Waals surface area contributed by atoms with Crippen LogP contribution in [-0.4, -0.2) is 50.6 Å². The highest BCUT2D eigenvalue weighted by Crippen LogP contribution is 2.31. The summed E-state index contributed by atoms with van der Waals surface area (Å²) in [6, 6.07) is 22.2. The molecule has 0 bridgehead atoms. The van der Waals surface area contributed by atoms with Crippen LogP contribution in [0.15, 0.2) is 66.7 Å². The number of fused-ring (bicyclic) bond motifs is 1. The molecule has 1 saturated heterocycles. The first-order chi connectivity index (χ1) is 18.0. The van der Waals surface area contributed by atoms with E-state index in [1.807, 2.05) is 48.5 Å². The number of ether oxygens (including phenoxy) is 1. The van der Waals surface area contributed by atoms with Crippen LogP contribution in [-0.2, 0) is 22.5 Å². The van der Waals surface area contributed by atoms with E-state index in [0.29, 0.717) is 23.6 Å². The molecule has 6 nitrogen and oxygen atoms in total. The Kier molecular flexibility index (Phi) is 7.68. The third-order valence-electron chi connectivity index (χ3n) is 7.54. The first-order valence-corrected chi connectivity index (χ1v) is 13.1. The fourth-order valence-electron chi connectivity index (χ4n) is 5.58. The smallest absolute Gasteiger partial charge is 0.255 e. The molecule has 1 unspecified atom stereocenters. The molecule has 6 heteroatoms. The Bertz CT molecular complexity index is 1270. The number of methoxy groups -OCH3 is 1. The highest BCUT2D eigenvalue weighted by atomic mass is 16.5. The SMILES string of the molecule is COCC1CCCN(Cc2cc(C(=O)Nc3ccc4c(c3)N(C)C(=O)CC4)ccc2-c2ccccc2)C1. The molecule has 2 heterocycles. The van der Waals surface area contributed by atoms with E-state index in [1.165, 1.54) is 6.42 Å². The molecule has 1 N–H and O–H groups in total. The maximum Gasteiger partial charge on any atom is 0.255 e. The van der Waals surface area contributed by atoms with E-state index in [1.54, 1.807) is 19.1 Å². The minimum Gasteiger partial charge on any atom is -0.384 e. The Balaban J connectivity index is 1.40. The molecule has 2 aliphatic rings. The van der Waals surface area contributed by atoms with Gasteiger partial charge in [0.1, 0.15) is 0 Å². The van der Waals surface area contributed by atoms with Crippen molar-refractivity contribution in [2.24, 2.45) is 5.92 Å². The molecule has 192 valence electrons. The van der Waals surface area contributed by atoms with Crippen molar-refractivity contribution in [3.8, 4) is 11.1 Å². The van der Waals surface area contributed by atoms with Crippen LogP contribution < -0.4 is 10.2 Å². The molecular weight excluding hydrogens is 462 g/mol. The van der Waals surface area contributed by atoms with E-state index in [4.69, 9.17) is 4.74 Å². The molecular formula is C31H35N3O3. The highest BCUT2D eigenvalue weighted by Gasteiger charge is 2.23. The van der Waals surface area contributed by atoms with E-state index in [-0.39, 0.29) is 11.8 Å². The molecule has 2 aliphatic heterocycles. The van der Waals surface area contributed by atoms with Gasteiger partial charge in [0, 0.05) is 50.6 Å². The normalized spacial score (nSPS) is 17.9. The van der Waals surface area contributed by atoms with Gasteiger partial charge >= 0.3 is 0 Å². The zero-order valence-corrected chi connectivity index (χ0v) is 21.7. The van der Waals surface area contributed by atoms with Gasteiger partial charge in [-0.15, -0.1) is 0 Å². The number of likely N-dealkylation sites (tertiary alicyclic amines) is 1. The number of nitrogens with zero attached hydrogens (tertiary/aromatic N) is 2. The summed E-state index contributed by atoms with van der Waals surface area (Å²) in [6.07, 6.45) is 3.61. The summed E-state index contributed by atoms with van der Waals surface area (Å²) < 4.78 is 5.43. The molecule has 2 amide bonds. The number of hydrogen-bond acceptors (Lipinski definition) is 4. The highest BCUT2D eigenvalue weighted by molar-refractivity contribution is 6.05. The second-order valence-electron chi connectivity index (χ2n) is 10.2. The zero-order chi connectivity index (χ0) is 25.8. The molecule has 1 fully saturated rings. The van der Waals surface area contributed by atoms with Crippen molar-refractivity contribution in [2.45, 2.75) is 32.2 Å². The maximum atomic E-state index is 13.3. The van der Waals surface area contributed by atoms with Gasteiger partial charge in [-0.05, 0) is 78.2 Å². The van der Waals surface area contributed by atoms with Gasteiger partial charge in [0.2, 0.25) is 5.91 Å². The number of rotatable bonds is 7. The maximum absolute atomic E-state index is 13.3. The average Bonchev–Trinajstić information content (AvgIpc) is 2.92. The van der Waals surface area contributed by atoms with E-state index in [9.17, 15) is 9.59 Å². The monoisotopic (exact) mass is 497 g/mol. The minimum absolute atomic E-state index is 0.0996. The van der Waals surface area contributed by atoms with Gasteiger partial charge in [0.25, 0.3) is 5.91 Å². The lowest BCUT2D eigenvalue weighted by Crippen LogP contribution is -2.36. The predicted octanol–water partition coefficient (Wildman–Crippen LogP) is 5.37. The van der Waals surface area contributed by atoms with Crippen LogP contribution >= 0.6 is 0 Å². The van der Waals surface area contributed by atoms with Crippen molar-refractivity contribution in [2.75, 3.05) is 44.1 Å². The summed E-state index contributed by atoms with van der Waals surface area (Å²) in [7, 11) is 3.56. The molecule has 0 spiro atoms. The van der Waals surface area contributed by atoms with Gasteiger partial charge in [-0.1, -0.05) is 42.5 Å². The summed E-state index contributed by atoms with van der Waals surface area (Å²) in [5.74, 6) is 0.489. The van der Waals surface area contributed by atoms with Crippen LogP contribution in [0.1, 0.15) is 40.7 Å². The van der Waals surface area contributed by atoms with Gasteiger partial charge in [0.05, 0.1) is 6.61 Å². The molecule has 0 radical (unpaired) electrons. The molecule has 3 aromatic rings. The Morgan fingerprint density at radius 2 is 1.89 bits per heavy atom. The third kappa shape index (κ3) is 5.76. The third-order valence-corrected chi connectivity index (χ3v) is 7.54. The topological polar surface area (TPSA) is 61.9 Å². The number of carbonyl (C=O) groups is 2. The van der Waals surface area contributed by atoms with Crippen LogP contribution in [0.2, 0.25) is 0 Å². The first-order valence-electron chi connectivity index (χ1n) is 13.1. The van der Waals surface area contributed by atoms with Crippen molar-refractivity contribution in [1.82, 2.24) is 4.90 Å². The van der Waals surface area contributed by atoms with Crippen LogP contribution in [0, 0.1) is 5.92 Å². The molecule has 0 aliphatic carbocycles. The van der Waals surface area contributed by atoms with Gasteiger partial charge in [-0.25, -0.2) is 0 Å². The van der Waals surface area contributed by atoms with Gasteiger partial charge in [-0.3, -0.25) is 14.5 Å². The molecule has 1 atom stereocenters. The summed E-state index contributed by atoms with van der Waals surface area (Å²) in [5, 5.41) is 3.05. The summed E-state index contributed by atoms with van der Waals surface area (Å²) in [6.45, 7) is 3.62. The van der Waals surface area contributed by atoms with Crippen LogP contribution in [0.3, 0.4) is 0 Å².